The molecule has 0 aromatic heterocycles. The van der Waals surface area contributed by atoms with E-state index < -0.39 is 34.3 Å². The molecule has 2 amide bonds. The van der Waals surface area contributed by atoms with Crippen LogP contribution in [-0.2, 0) is 26.2 Å². The Kier molecular flexibility index (Phi) is 10.1. The van der Waals surface area contributed by atoms with Gasteiger partial charge in [0.25, 0.3) is 0 Å². The third kappa shape index (κ3) is 7.50. The highest BCUT2D eigenvalue weighted by molar-refractivity contribution is 7.92. The van der Waals surface area contributed by atoms with E-state index in [-0.39, 0.29) is 35.6 Å². The molecule has 0 aliphatic heterocycles. The van der Waals surface area contributed by atoms with E-state index in [1.54, 1.807) is 25.1 Å². The Hall–Kier alpha value is -2.07. The fourth-order valence-electron chi connectivity index (χ4n) is 4.39. The zero-order valence-corrected chi connectivity index (χ0v) is 23.6. The van der Waals surface area contributed by atoms with Gasteiger partial charge in [-0.25, -0.2) is 12.8 Å². The largest absolute Gasteiger partial charge is 0.352 e. The molecule has 202 valence electrons. The van der Waals surface area contributed by atoms with Gasteiger partial charge in [0.05, 0.1) is 17.0 Å². The van der Waals surface area contributed by atoms with Crippen molar-refractivity contribution in [2.45, 2.75) is 57.7 Å². The summed E-state index contributed by atoms with van der Waals surface area (Å²) in [6.45, 7) is 1.01. The van der Waals surface area contributed by atoms with Crippen LogP contribution in [0.1, 0.15) is 44.6 Å². The number of carbonyl (C=O) groups is 2. The summed E-state index contributed by atoms with van der Waals surface area (Å²) in [7, 11) is -3.98. The second kappa shape index (κ2) is 12.7. The van der Waals surface area contributed by atoms with Crippen molar-refractivity contribution in [3.8, 4) is 0 Å². The van der Waals surface area contributed by atoms with Gasteiger partial charge in [-0.05, 0) is 49.6 Å². The molecule has 0 bridgehead atoms. The Labute approximate surface area is 231 Å². The zero-order chi connectivity index (χ0) is 27.3. The van der Waals surface area contributed by atoms with Gasteiger partial charge in [0.1, 0.15) is 18.4 Å². The average molecular weight is 593 g/mol. The van der Waals surface area contributed by atoms with Gasteiger partial charge in [0.2, 0.25) is 21.8 Å². The maximum atomic E-state index is 13.7. The Morgan fingerprint density at radius 3 is 2.24 bits per heavy atom. The van der Waals surface area contributed by atoms with Crippen molar-refractivity contribution < 1.29 is 22.4 Å². The molecule has 1 aliphatic rings. The topological polar surface area (TPSA) is 86.8 Å². The summed E-state index contributed by atoms with van der Waals surface area (Å²) >= 11 is 18.6. The van der Waals surface area contributed by atoms with Crippen LogP contribution in [0.4, 0.5) is 10.1 Å². The first-order chi connectivity index (χ1) is 17.4. The first-order valence-electron chi connectivity index (χ1n) is 11.9. The normalized spacial score (nSPS) is 14.9. The lowest BCUT2D eigenvalue weighted by atomic mass is 10.1. The number of hydrogen-bond acceptors (Lipinski definition) is 4. The standard InChI is InChI=1S/C25H29Cl3FN3O4S/c1-3-23(25(34)30-16-7-4-5-8-16)31(14-18-19(26)9-6-10-20(18)27)24(33)15-32(37(2,35)36)17-11-12-22(29)21(28)13-17/h6,9-13,16,23H,3-5,7-8,14-15H2,1-2H3,(H,30,34). The summed E-state index contributed by atoms with van der Waals surface area (Å²) in [6, 6.07) is 7.39. The SMILES string of the molecule is CCC(C(=O)NC1CCCC1)N(Cc1c(Cl)cccc1Cl)C(=O)CN(c1ccc(F)c(Cl)c1)S(C)(=O)=O. The average Bonchev–Trinajstić information content (AvgIpc) is 3.33. The van der Waals surface area contributed by atoms with Gasteiger partial charge < -0.3 is 10.2 Å². The van der Waals surface area contributed by atoms with E-state index in [2.05, 4.69) is 5.32 Å². The highest BCUT2D eigenvalue weighted by Crippen LogP contribution is 2.29. The van der Waals surface area contributed by atoms with E-state index in [1.807, 2.05) is 0 Å². The smallest absolute Gasteiger partial charge is 0.244 e. The Morgan fingerprint density at radius 2 is 1.70 bits per heavy atom. The number of carbonyl (C=O) groups excluding carboxylic acids is 2. The van der Waals surface area contributed by atoms with Crippen LogP contribution in [0.5, 0.6) is 0 Å². The molecule has 0 spiro atoms. The second-order valence-corrected chi connectivity index (χ2v) is 12.1. The van der Waals surface area contributed by atoms with Crippen molar-refractivity contribution in [3.05, 3.63) is 62.8 Å². The molecule has 37 heavy (non-hydrogen) atoms. The van der Waals surface area contributed by atoms with Crippen molar-refractivity contribution in [1.29, 1.82) is 0 Å². The quantitative estimate of drug-likeness (QED) is 0.399. The Balaban J connectivity index is 1.98. The van der Waals surface area contributed by atoms with Crippen LogP contribution in [0.25, 0.3) is 0 Å². The number of rotatable bonds is 10. The number of nitrogens with zero attached hydrogens (tertiary/aromatic N) is 2. The zero-order valence-electron chi connectivity index (χ0n) is 20.5. The van der Waals surface area contributed by atoms with Gasteiger partial charge >= 0.3 is 0 Å². The van der Waals surface area contributed by atoms with E-state index >= 15 is 0 Å². The highest BCUT2D eigenvalue weighted by Gasteiger charge is 2.33. The van der Waals surface area contributed by atoms with Gasteiger partial charge in [-0.2, -0.15) is 0 Å². The second-order valence-electron chi connectivity index (χ2n) is 9.00. The third-order valence-electron chi connectivity index (χ3n) is 6.35. The van der Waals surface area contributed by atoms with Crippen LogP contribution < -0.4 is 9.62 Å². The van der Waals surface area contributed by atoms with E-state index in [0.29, 0.717) is 15.6 Å². The minimum Gasteiger partial charge on any atom is -0.352 e. The predicted molar refractivity (Wildman–Crippen MR) is 145 cm³/mol. The molecule has 7 nitrogen and oxygen atoms in total. The van der Waals surface area contributed by atoms with Gasteiger partial charge in [-0.1, -0.05) is 60.6 Å². The first-order valence-corrected chi connectivity index (χ1v) is 14.9. The minimum atomic E-state index is -3.98. The van der Waals surface area contributed by atoms with E-state index in [4.69, 9.17) is 34.8 Å². The number of hydrogen-bond donors (Lipinski definition) is 1. The van der Waals surface area contributed by atoms with Crippen LogP contribution in [0.3, 0.4) is 0 Å². The Morgan fingerprint density at radius 1 is 1.08 bits per heavy atom. The molecular weight excluding hydrogens is 564 g/mol. The molecule has 1 fully saturated rings. The molecule has 2 aromatic rings. The summed E-state index contributed by atoms with van der Waals surface area (Å²) in [4.78, 5) is 28.3. The molecule has 0 saturated heterocycles. The van der Waals surface area contributed by atoms with Crippen molar-refractivity contribution in [2.24, 2.45) is 0 Å². The lowest BCUT2D eigenvalue weighted by molar-refractivity contribution is -0.140. The van der Waals surface area contributed by atoms with Crippen LogP contribution in [0.2, 0.25) is 15.1 Å². The number of benzene rings is 2. The number of anilines is 1. The minimum absolute atomic E-state index is 0.0152. The molecular formula is C25H29Cl3FN3O4S. The maximum Gasteiger partial charge on any atom is 0.244 e. The first kappa shape index (κ1) is 29.5. The Bertz CT molecular complexity index is 1240. The lowest BCUT2D eigenvalue weighted by Gasteiger charge is -2.33. The molecule has 1 atom stereocenters. The third-order valence-corrected chi connectivity index (χ3v) is 8.49. The van der Waals surface area contributed by atoms with Crippen LogP contribution in [-0.4, -0.2) is 50.0 Å². The number of nitrogens with one attached hydrogen (secondary N) is 1. The summed E-state index contributed by atoms with van der Waals surface area (Å²) in [5, 5.41) is 3.34. The lowest BCUT2D eigenvalue weighted by Crippen LogP contribution is -2.53. The van der Waals surface area contributed by atoms with Crippen molar-refractivity contribution >= 4 is 62.3 Å². The molecule has 1 N–H and O–H groups in total. The van der Waals surface area contributed by atoms with Crippen molar-refractivity contribution in [3.63, 3.8) is 0 Å². The molecule has 1 unspecified atom stereocenters. The fourth-order valence-corrected chi connectivity index (χ4v) is 5.93. The number of sulfonamides is 1. The van der Waals surface area contributed by atoms with E-state index in [1.165, 1.54) is 11.0 Å². The molecule has 2 aromatic carbocycles. The summed E-state index contributed by atoms with van der Waals surface area (Å²) < 4.78 is 39.9. The molecule has 1 aliphatic carbocycles. The number of halogens is 4. The fraction of sp³-hybridized carbons (Fsp3) is 0.440. The molecule has 0 radical (unpaired) electrons. The highest BCUT2D eigenvalue weighted by atomic mass is 35.5. The van der Waals surface area contributed by atoms with Gasteiger partial charge in [-0.15, -0.1) is 0 Å². The molecule has 12 heteroatoms. The van der Waals surface area contributed by atoms with Crippen LogP contribution in [0.15, 0.2) is 36.4 Å². The predicted octanol–water partition coefficient (Wildman–Crippen LogP) is 5.42. The molecule has 1 saturated carbocycles. The number of amides is 2. The summed E-state index contributed by atoms with van der Waals surface area (Å²) in [5.74, 6) is -1.72. The molecule has 3 rings (SSSR count). The molecule has 0 heterocycles. The van der Waals surface area contributed by atoms with Crippen molar-refractivity contribution in [1.82, 2.24) is 10.2 Å². The van der Waals surface area contributed by atoms with Gasteiger partial charge in [-0.3, -0.25) is 13.9 Å². The van der Waals surface area contributed by atoms with Gasteiger partial charge in [0.15, 0.2) is 0 Å². The van der Waals surface area contributed by atoms with E-state index in [9.17, 15) is 22.4 Å². The van der Waals surface area contributed by atoms with Crippen LogP contribution in [0, 0.1) is 5.82 Å². The van der Waals surface area contributed by atoms with Crippen molar-refractivity contribution in [2.75, 3.05) is 17.1 Å². The van der Waals surface area contributed by atoms with E-state index in [0.717, 1.165) is 48.4 Å². The summed E-state index contributed by atoms with van der Waals surface area (Å²) in [6.07, 6.45) is 4.95. The van der Waals surface area contributed by atoms with Gasteiger partial charge in [0, 0.05) is 28.2 Å². The monoisotopic (exact) mass is 591 g/mol. The van der Waals surface area contributed by atoms with Crippen LogP contribution >= 0.6 is 34.8 Å². The maximum absolute atomic E-state index is 13.7. The summed E-state index contributed by atoms with van der Waals surface area (Å²) in [5.41, 5.74) is 0.448.